The third kappa shape index (κ3) is 8.18. The lowest BCUT2D eigenvalue weighted by molar-refractivity contribution is -0.140. The van der Waals surface area contributed by atoms with Crippen molar-refractivity contribution in [3.05, 3.63) is 148 Å². The van der Waals surface area contributed by atoms with Gasteiger partial charge in [0.15, 0.2) is 0 Å². The molecule has 11 heteroatoms. The molecule has 0 spiro atoms. The Bertz CT molecular complexity index is 2160. The van der Waals surface area contributed by atoms with Crippen molar-refractivity contribution >= 4 is 53.5 Å². The first-order valence-electron chi connectivity index (χ1n) is 19.5. The molecular weight excluding hydrogens is 753 g/mol. The second-order valence-corrected chi connectivity index (χ2v) is 21.2. The molecule has 0 bridgehead atoms. The molecule has 1 saturated heterocycles. The number of fused-ring (bicyclic) bond motifs is 1. The van der Waals surface area contributed by atoms with Crippen molar-refractivity contribution in [3.8, 4) is 0 Å². The fourth-order valence-electron chi connectivity index (χ4n) is 8.83. The average Bonchev–Trinajstić information content (AvgIpc) is 3.98. The van der Waals surface area contributed by atoms with Crippen molar-refractivity contribution in [1.29, 1.82) is 0 Å². The van der Waals surface area contributed by atoms with Crippen LogP contribution in [0.15, 0.2) is 130 Å². The minimum Gasteiger partial charge on any atom is -0.459 e. The van der Waals surface area contributed by atoms with Gasteiger partial charge in [-0.1, -0.05) is 93.6 Å². The van der Waals surface area contributed by atoms with Crippen molar-refractivity contribution in [2.75, 3.05) is 13.2 Å². The number of hydrogen-bond acceptors (Lipinski definition) is 9. The highest BCUT2D eigenvalue weighted by molar-refractivity contribution is 7.09. The lowest BCUT2D eigenvalue weighted by atomic mass is 9.68. The molecule has 9 nitrogen and oxygen atoms in total. The number of amides is 2. The quantitative estimate of drug-likeness (QED) is 0.0614. The summed E-state index contributed by atoms with van der Waals surface area (Å²) in [7, 11) is -3.06. The van der Waals surface area contributed by atoms with Crippen molar-refractivity contribution < 1.29 is 33.8 Å². The largest absolute Gasteiger partial charge is 0.459 e. The van der Waals surface area contributed by atoms with Gasteiger partial charge in [0, 0.05) is 17.0 Å². The zero-order chi connectivity index (χ0) is 40.2. The fourth-order valence-corrected chi connectivity index (χ4v) is 14.1. The summed E-state index contributed by atoms with van der Waals surface area (Å²) in [6.45, 7) is 6.25. The molecule has 5 aromatic rings. The van der Waals surface area contributed by atoms with Gasteiger partial charge in [0.2, 0.25) is 11.8 Å². The number of furan rings is 1. The number of thiophene rings is 1. The van der Waals surface area contributed by atoms with Crippen molar-refractivity contribution in [1.82, 2.24) is 9.88 Å². The van der Waals surface area contributed by atoms with E-state index in [9.17, 15) is 24.9 Å². The number of pyridine rings is 1. The molecule has 1 aliphatic heterocycles. The lowest BCUT2D eigenvalue weighted by Gasteiger charge is -2.44. The van der Waals surface area contributed by atoms with Crippen LogP contribution in [0.1, 0.15) is 62.1 Å². The van der Waals surface area contributed by atoms with Gasteiger partial charge in [0.1, 0.15) is 18.1 Å². The predicted molar refractivity (Wildman–Crippen MR) is 225 cm³/mol. The molecular formula is C46H50N2O7SSi. The molecule has 3 N–H and O–H groups in total. The summed E-state index contributed by atoms with van der Waals surface area (Å²) < 4.78 is 13.2. The number of aliphatic hydroxyl groups is 3. The topological polar surface area (TPSA) is 133 Å². The second-order valence-electron chi connectivity index (χ2n) is 15.9. The minimum absolute atomic E-state index is 0.116. The Hall–Kier alpha value is -4.75. The highest BCUT2D eigenvalue weighted by atomic mass is 32.1. The first-order chi connectivity index (χ1) is 27.6. The maximum atomic E-state index is 14.2. The first-order valence-corrected chi connectivity index (χ1v) is 22.3. The van der Waals surface area contributed by atoms with Crippen LogP contribution in [0.3, 0.4) is 0 Å². The van der Waals surface area contributed by atoms with Crippen molar-refractivity contribution in [2.45, 2.75) is 64.3 Å². The van der Waals surface area contributed by atoms with Gasteiger partial charge in [-0.3, -0.25) is 19.5 Å². The van der Waals surface area contributed by atoms with Gasteiger partial charge in [-0.05, 0) is 93.2 Å². The van der Waals surface area contributed by atoms with E-state index in [1.807, 2.05) is 78.2 Å². The molecule has 1 fully saturated rings. The van der Waals surface area contributed by atoms with Gasteiger partial charge in [-0.2, -0.15) is 0 Å². The Morgan fingerprint density at radius 3 is 2.23 bits per heavy atom. The molecule has 7 rings (SSSR count). The van der Waals surface area contributed by atoms with E-state index >= 15 is 0 Å². The van der Waals surface area contributed by atoms with Crippen LogP contribution < -0.4 is 10.4 Å². The Kier molecular flexibility index (Phi) is 12.3. The van der Waals surface area contributed by atoms with Gasteiger partial charge >= 0.3 is 0 Å². The van der Waals surface area contributed by atoms with E-state index in [1.165, 1.54) is 16.2 Å². The van der Waals surface area contributed by atoms with Crippen LogP contribution in [0.5, 0.6) is 0 Å². The summed E-state index contributed by atoms with van der Waals surface area (Å²) in [6, 6.07) is 33.5. The second kappa shape index (κ2) is 17.4. The summed E-state index contributed by atoms with van der Waals surface area (Å²) in [5.74, 6) is -1.89. The zero-order valence-electron chi connectivity index (χ0n) is 32.6. The number of aromatic nitrogens is 1. The zero-order valence-corrected chi connectivity index (χ0v) is 34.4. The van der Waals surface area contributed by atoms with Crippen LogP contribution in [-0.4, -0.2) is 64.7 Å². The van der Waals surface area contributed by atoms with E-state index in [2.05, 4.69) is 50.0 Å². The molecule has 4 heterocycles. The first kappa shape index (κ1) is 40.4. The Labute approximate surface area is 339 Å². The Balaban J connectivity index is 1.29. The monoisotopic (exact) mass is 802 g/mol. The van der Waals surface area contributed by atoms with Crippen LogP contribution in [0.4, 0.5) is 0 Å². The molecule has 2 amide bonds. The lowest BCUT2D eigenvalue weighted by Crippen LogP contribution is -2.66. The number of allylic oxidation sites excluding steroid dienone is 1. The number of aliphatic hydroxyl groups excluding tert-OH is 3. The normalized spacial score (nSPS) is 19.6. The number of likely N-dealkylation sites (tertiary alicyclic amines) is 1. The predicted octanol–water partition coefficient (Wildman–Crippen LogP) is 6.60. The summed E-state index contributed by atoms with van der Waals surface area (Å²) in [5, 5.41) is 37.0. The van der Waals surface area contributed by atoms with Crippen LogP contribution in [0.25, 0.3) is 11.6 Å². The van der Waals surface area contributed by atoms with Crippen LogP contribution in [0, 0.1) is 17.8 Å². The van der Waals surface area contributed by atoms with E-state index in [-0.39, 0.29) is 49.5 Å². The average molecular weight is 803 g/mol. The number of imide groups is 1. The van der Waals surface area contributed by atoms with Crippen LogP contribution >= 0.6 is 11.3 Å². The minimum atomic E-state index is -3.06. The molecule has 57 heavy (non-hydrogen) atoms. The number of carbonyl (C=O) groups excluding carboxylic acids is 2. The van der Waals surface area contributed by atoms with E-state index in [0.29, 0.717) is 29.2 Å². The van der Waals surface area contributed by atoms with Gasteiger partial charge in [0.25, 0.3) is 8.32 Å². The molecule has 296 valence electrons. The molecule has 0 radical (unpaired) electrons. The SMILES string of the molecule is CC(C)(C)[Si](OCC1=C([C@H](O)CC/C(=C/c2ccc(CO)o2)c2ccccn2)[C@H](CO)[C@@H]2C(=O)N(Cc3cccs3)C(=O)[C@@H]2C1)(c1ccccc1)c1ccccc1. The molecule has 4 atom stereocenters. The van der Waals surface area contributed by atoms with E-state index in [0.717, 1.165) is 26.4 Å². The van der Waals surface area contributed by atoms with Crippen molar-refractivity contribution in [2.24, 2.45) is 17.8 Å². The third-order valence-corrected chi connectivity index (χ3v) is 17.3. The van der Waals surface area contributed by atoms with E-state index in [4.69, 9.17) is 8.84 Å². The van der Waals surface area contributed by atoms with Crippen LogP contribution in [-0.2, 0) is 27.2 Å². The molecule has 2 aromatic carbocycles. The molecule has 2 aliphatic rings. The van der Waals surface area contributed by atoms with Crippen molar-refractivity contribution in [3.63, 3.8) is 0 Å². The van der Waals surface area contributed by atoms with Gasteiger partial charge in [-0.15, -0.1) is 11.3 Å². The smallest absolute Gasteiger partial charge is 0.261 e. The van der Waals surface area contributed by atoms with E-state index in [1.54, 1.807) is 18.3 Å². The van der Waals surface area contributed by atoms with Gasteiger partial charge < -0.3 is 24.2 Å². The summed E-state index contributed by atoms with van der Waals surface area (Å²) in [4.78, 5) is 35.3. The number of carbonyl (C=O) groups is 2. The van der Waals surface area contributed by atoms with Gasteiger partial charge in [0.05, 0.1) is 43.4 Å². The maximum Gasteiger partial charge on any atom is 0.261 e. The summed E-state index contributed by atoms with van der Waals surface area (Å²) in [5.41, 5.74) is 2.83. The standard InChI is InChI=1S/C46H50N2O7SSi/c1-46(2,3)57(36-14-6-4-7-15-36,37-16-8-5-9-17-37)54-30-32-26-38-43(45(53)48(44(38)52)27-35-13-12-24-56-35)39(29-50)42(32)41(51)22-19-31(40-18-10-11-23-47-40)25-33-20-21-34(28-49)55-33/h4-18,20-21,23-25,38-39,41,43,49-51H,19,22,26-30H2,1-3H3/b31-25-/t38-,39+,41-,43-/m1/s1. The summed E-state index contributed by atoms with van der Waals surface area (Å²) in [6.07, 6.45) is 3.34. The number of hydrogen-bond donors (Lipinski definition) is 3. The third-order valence-electron chi connectivity index (χ3n) is 11.4. The highest BCUT2D eigenvalue weighted by Gasteiger charge is 2.56. The molecule has 0 unspecified atom stereocenters. The fraction of sp³-hybridized carbons (Fsp3) is 0.326. The Morgan fingerprint density at radius 2 is 1.65 bits per heavy atom. The van der Waals surface area contributed by atoms with Crippen LogP contribution in [0.2, 0.25) is 5.04 Å². The van der Waals surface area contributed by atoms with Gasteiger partial charge in [-0.25, -0.2) is 0 Å². The maximum absolute atomic E-state index is 14.2. The Morgan fingerprint density at radius 1 is 0.947 bits per heavy atom. The number of nitrogens with zero attached hydrogens (tertiary/aromatic N) is 2. The molecule has 3 aromatic heterocycles. The molecule has 1 aliphatic carbocycles. The number of rotatable bonds is 15. The summed E-state index contributed by atoms with van der Waals surface area (Å²) >= 11 is 1.49. The highest BCUT2D eigenvalue weighted by Crippen LogP contribution is 2.48. The molecule has 0 saturated carbocycles. The number of benzene rings is 2. The van der Waals surface area contributed by atoms with E-state index < -0.39 is 38.8 Å².